The predicted octanol–water partition coefficient (Wildman–Crippen LogP) is 5.08. The van der Waals surface area contributed by atoms with Crippen LogP contribution >= 0.6 is 0 Å². The monoisotopic (exact) mass is 348 g/mol. The van der Waals surface area contributed by atoms with Crippen molar-refractivity contribution in [2.24, 2.45) is 5.41 Å². The van der Waals surface area contributed by atoms with Crippen LogP contribution in [-0.2, 0) is 4.79 Å². The Labute approximate surface area is 148 Å². The lowest BCUT2D eigenvalue weighted by Gasteiger charge is -2.36. The molecule has 0 spiro atoms. The highest BCUT2D eigenvalue weighted by molar-refractivity contribution is 5.95. The minimum atomic E-state index is -1.60. The van der Waals surface area contributed by atoms with E-state index in [1.807, 2.05) is 13.8 Å². The number of carbonyl (C=O) groups is 1. The Morgan fingerprint density at radius 2 is 1.88 bits per heavy atom. The van der Waals surface area contributed by atoms with E-state index in [4.69, 9.17) is 14.6 Å². The van der Waals surface area contributed by atoms with Gasteiger partial charge in [-0.25, -0.2) is 4.79 Å². The van der Waals surface area contributed by atoms with Crippen LogP contribution in [0.25, 0.3) is 11.1 Å². The van der Waals surface area contributed by atoms with Crippen LogP contribution in [0.4, 0.5) is 4.39 Å². The van der Waals surface area contributed by atoms with Gasteiger partial charge in [-0.15, -0.1) is 0 Å². The number of fused-ring (bicyclic) bond motifs is 1. The van der Waals surface area contributed by atoms with E-state index in [0.29, 0.717) is 17.1 Å². The van der Waals surface area contributed by atoms with E-state index in [2.05, 4.69) is 26.8 Å². The summed E-state index contributed by atoms with van der Waals surface area (Å²) >= 11 is 0. The highest BCUT2D eigenvalue weighted by Gasteiger charge is 2.33. The SMILES string of the molecule is COc1cc2c(cc1/C(C)=C(/F)C(=O)O)C(C(C)(C)C)=CC(C)(C)O2. The largest absolute Gasteiger partial charge is 0.496 e. The van der Waals surface area contributed by atoms with Crippen LogP contribution in [0.5, 0.6) is 11.5 Å². The Balaban J connectivity index is 2.78. The Morgan fingerprint density at radius 1 is 1.28 bits per heavy atom. The summed E-state index contributed by atoms with van der Waals surface area (Å²) in [6.45, 7) is 11.6. The second-order valence-electron chi connectivity index (χ2n) is 7.81. The minimum absolute atomic E-state index is 0.0187. The van der Waals surface area contributed by atoms with Gasteiger partial charge in [-0.05, 0) is 43.9 Å². The van der Waals surface area contributed by atoms with Gasteiger partial charge in [0.05, 0.1) is 7.11 Å². The Bertz CT molecular complexity index is 780. The van der Waals surface area contributed by atoms with Gasteiger partial charge in [0.25, 0.3) is 0 Å². The van der Waals surface area contributed by atoms with E-state index < -0.39 is 17.4 Å². The third-order valence-corrected chi connectivity index (χ3v) is 4.19. The third kappa shape index (κ3) is 3.70. The average Bonchev–Trinajstić information content (AvgIpc) is 2.49. The summed E-state index contributed by atoms with van der Waals surface area (Å²) in [4.78, 5) is 11.0. The summed E-state index contributed by atoms with van der Waals surface area (Å²) in [6.07, 6.45) is 2.05. The van der Waals surface area contributed by atoms with Crippen LogP contribution < -0.4 is 9.47 Å². The molecule has 0 bridgehead atoms. The number of carboxylic acids is 1. The molecule has 1 aromatic carbocycles. The van der Waals surface area contributed by atoms with Crippen molar-refractivity contribution in [2.45, 2.75) is 47.1 Å². The van der Waals surface area contributed by atoms with Crippen LogP contribution in [0, 0.1) is 5.41 Å². The van der Waals surface area contributed by atoms with Crippen LogP contribution in [0.2, 0.25) is 0 Å². The zero-order chi connectivity index (χ0) is 19.2. The van der Waals surface area contributed by atoms with E-state index >= 15 is 0 Å². The predicted molar refractivity (Wildman–Crippen MR) is 96.5 cm³/mol. The molecule has 0 atom stereocenters. The number of rotatable bonds is 3. The van der Waals surface area contributed by atoms with Gasteiger partial charge < -0.3 is 14.6 Å². The van der Waals surface area contributed by atoms with Crippen molar-refractivity contribution < 1.29 is 23.8 Å². The number of halogens is 1. The Hall–Kier alpha value is -2.30. The molecule has 0 aliphatic carbocycles. The standard InChI is InChI=1S/C20H25FO4/c1-11(17(21)18(22)23)12-8-13-14(19(2,3)4)10-20(5,6)25-16(13)9-15(12)24-7/h8-10H,1-7H3,(H,22,23)/b17-11+. The molecule has 5 heteroatoms. The smallest absolute Gasteiger partial charge is 0.365 e. The van der Waals surface area contributed by atoms with Crippen molar-refractivity contribution in [3.63, 3.8) is 0 Å². The molecular weight excluding hydrogens is 323 g/mol. The van der Waals surface area contributed by atoms with E-state index in [1.54, 1.807) is 12.1 Å². The van der Waals surface area contributed by atoms with Gasteiger partial charge in [-0.3, -0.25) is 0 Å². The van der Waals surface area contributed by atoms with Crippen molar-refractivity contribution in [3.8, 4) is 11.5 Å². The fourth-order valence-corrected chi connectivity index (χ4v) is 2.96. The molecule has 1 aromatic rings. The van der Waals surface area contributed by atoms with E-state index in [0.717, 1.165) is 11.1 Å². The summed E-state index contributed by atoms with van der Waals surface area (Å²) < 4.78 is 25.4. The molecule has 0 unspecified atom stereocenters. The lowest BCUT2D eigenvalue weighted by Crippen LogP contribution is -2.31. The van der Waals surface area contributed by atoms with E-state index in [9.17, 15) is 9.18 Å². The molecule has 0 radical (unpaired) electrons. The van der Waals surface area contributed by atoms with Crippen molar-refractivity contribution >= 4 is 17.1 Å². The normalized spacial score (nSPS) is 17.0. The van der Waals surface area contributed by atoms with Crippen molar-refractivity contribution in [1.29, 1.82) is 0 Å². The molecule has 0 saturated carbocycles. The first-order valence-corrected chi connectivity index (χ1v) is 8.12. The molecule has 25 heavy (non-hydrogen) atoms. The van der Waals surface area contributed by atoms with Gasteiger partial charge in [0.15, 0.2) is 0 Å². The lowest BCUT2D eigenvalue weighted by atomic mass is 9.77. The Kier molecular flexibility index (Phi) is 4.73. The Morgan fingerprint density at radius 3 is 2.36 bits per heavy atom. The van der Waals surface area contributed by atoms with Crippen molar-refractivity contribution in [3.05, 3.63) is 35.2 Å². The maximum Gasteiger partial charge on any atom is 0.365 e. The van der Waals surface area contributed by atoms with Gasteiger partial charge in [0.1, 0.15) is 17.1 Å². The van der Waals surface area contributed by atoms with E-state index in [-0.39, 0.29) is 11.0 Å². The number of aliphatic carboxylic acids is 1. The van der Waals surface area contributed by atoms with Crippen LogP contribution in [-0.4, -0.2) is 23.8 Å². The molecule has 136 valence electrons. The maximum absolute atomic E-state index is 14.0. The fourth-order valence-electron chi connectivity index (χ4n) is 2.96. The highest BCUT2D eigenvalue weighted by atomic mass is 19.1. The second-order valence-corrected chi connectivity index (χ2v) is 7.81. The van der Waals surface area contributed by atoms with Gasteiger partial charge in [0.2, 0.25) is 5.83 Å². The third-order valence-electron chi connectivity index (χ3n) is 4.19. The van der Waals surface area contributed by atoms with Gasteiger partial charge in [-0.2, -0.15) is 4.39 Å². The molecule has 1 N–H and O–H groups in total. The molecule has 0 aromatic heterocycles. The molecule has 2 rings (SSSR count). The summed E-state index contributed by atoms with van der Waals surface area (Å²) in [5.74, 6) is -1.78. The number of hydrogen-bond donors (Lipinski definition) is 1. The number of ether oxygens (including phenoxy) is 2. The maximum atomic E-state index is 14.0. The number of hydrogen-bond acceptors (Lipinski definition) is 3. The highest BCUT2D eigenvalue weighted by Crippen LogP contribution is 2.47. The van der Waals surface area contributed by atoms with Crippen LogP contribution in [0.1, 0.15) is 52.7 Å². The number of methoxy groups -OCH3 is 1. The fraction of sp³-hybridized carbons (Fsp3) is 0.450. The quantitative estimate of drug-likeness (QED) is 0.774. The number of carboxylic acid groups (broad SMARTS) is 1. The summed E-state index contributed by atoms with van der Waals surface area (Å²) in [7, 11) is 1.46. The molecule has 4 nitrogen and oxygen atoms in total. The number of allylic oxidation sites excluding steroid dienone is 2. The van der Waals surface area contributed by atoms with Gasteiger partial charge in [0, 0.05) is 22.8 Å². The first-order valence-electron chi connectivity index (χ1n) is 8.12. The summed E-state index contributed by atoms with van der Waals surface area (Å²) in [6, 6.07) is 3.45. The molecule has 1 aliphatic rings. The molecule has 0 amide bonds. The molecule has 0 saturated heterocycles. The van der Waals surface area contributed by atoms with Crippen molar-refractivity contribution in [1.82, 2.24) is 0 Å². The summed E-state index contributed by atoms with van der Waals surface area (Å²) in [5.41, 5.74) is 1.65. The van der Waals surface area contributed by atoms with Crippen LogP contribution in [0.3, 0.4) is 0 Å². The first-order chi connectivity index (χ1) is 11.4. The van der Waals surface area contributed by atoms with E-state index in [1.165, 1.54) is 14.0 Å². The van der Waals surface area contributed by atoms with Crippen LogP contribution in [0.15, 0.2) is 24.0 Å². The molecular formula is C20H25FO4. The first kappa shape index (κ1) is 19.0. The minimum Gasteiger partial charge on any atom is -0.496 e. The topological polar surface area (TPSA) is 55.8 Å². The van der Waals surface area contributed by atoms with Gasteiger partial charge in [-0.1, -0.05) is 20.8 Å². The lowest BCUT2D eigenvalue weighted by molar-refractivity contribution is -0.134. The average molecular weight is 348 g/mol. The molecule has 1 aliphatic heterocycles. The van der Waals surface area contributed by atoms with Gasteiger partial charge >= 0.3 is 5.97 Å². The second kappa shape index (κ2) is 6.21. The zero-order valence-corrected chi connectivity index (χ0v) is 15.8. The number of benzene rings is 1. The molecule has 1 heterocycles. The molecule has 0 fully saturated rings. The summed E-state index contributed by atoms with van der Waals surface area (Å²) in [5, 5.41) is 8.96. The van der Waals surface area contributed by atoms with Crippen molar-refractivity contribution in [2.75, 3.05) is 7.11 Å². The zero-order valence-electron chi connectivity index (χ0n) is 15.8.